The molecule has 0 aliphatic heterocycles. The second-order valence-corrected chi connectivity index (χ2v) is 13.9. The predicted molar refractivity (Wildman–Crippen MR) is 136 cm³/mol. The first-order valence-electron chi connectivity index (χ1n) is 10.9. The number of fused-ring (bicyclic) bond motifs is 3. The van der Waals surface area contributed by atoms with Crippen LogP contribution in [0.2, 0.25) is 0 Å². The van der Waals surface area contributed by atoms with Crippen molar-refractivity contribution in [2.24, 2.45) is 0 Å². The van der Waals surface area contributed by atoms with Gasteiger partial charge in [0, 0.05) is 28.3 Å². The average Bonchev–Trinajstić information content (AvgIpc) is 3.04. The van der Waals surface area contributed by atoms with Crippen LogP contribution in [-0.4, -0.2) is 32.8 Å². The Bertz CT molecular complexity index is 1650. The van der Waals surface area contributed by atoms with E-state index in [9.17, 15) is 37.5 Å². The van der Waals surface area contributed by atoms with Crippen molar-refractivity contribution in [3.8, 4) is 23.3 Å². The lowest BCUT2D eigenvalue weighted by molar-refractivity contribution is -0.384. The summed E-state index contributed by atoms with van der Waals surface area (Å²) in [5.41, 5.74) is -2.58. The molecule has 0 unspecified atom stereocenters. The lowest BCUT2D eigenvalue weighted by Crippen LogP contribution is -2.40. The molecule has 194 valence electrons. The smallest absolute Gasteiger partial charge is 0.258 e. The van der Waals surface area contributed by atoms with Crippen molar-refractivity contribution in [1.82, 2.24) is 9.44 Å². The Morgan fingerprint density at radius 2 is 1.30 bits per heavy atom. The topological polar surface area (TPSA) is 183 Å². The monoisotopic (exact) mass is 543 g/mol. The maximum absolute atomic E-state index is 13.1. The van der Waals surface area contributed by atoms with E-state index < -0.39 is 52.2 Å². The Morgan fingerprint density at radius 3 is 1.76 bits per heavy atom. The number of nitrogens with one attached hydrogen (secondary N) is 2. The Kier molecular flexibility index (Phi) is 6.83. The third-order valence-corrected chi connectivity index (χ3v) is 8.56. The van der Waals surface area contributed by atoms with Crippen LogP contribution in [0.3, 0.4) is 0 Å². The van der Waals surface area contributed by atoms with E-state index in [0.29, 0.717) is 0 Å². The van der Waals surface area contributed by atoms with Crippen LogP contribution in [-0.2, 0) is 20.0 Å². The van der Waals surface area contributed by atoms with Gasteiger partial charge in [0.1, 0.15) is 17.7 Å². The number of nitrogens with zero attached hydrogens (tertiary/aromatic N) is 3. The summed E-state index contributed by atoms with van der Waals surface area (Å²) >= 11 is 0. The average molecular weight is 544 g/mol. The summed E-state index contributed by atoms with van der Waals surface area (Å²) in [5.74, 6) is 0. The van der Waals surface area contributed by atoms with Gasteiger partial charge in [-0.1, -0.05) is 6.07 Å². The molecule has 0 atom stereocenters. The van der Waals surface area contributed by atoms with E-state index in [1.54, 1.807) is 53.7 Å². The molecule has 2 N–H and O–H groups in total. The third-order valence-electron chi connectivity index (χ3n) is 5.06. The van der Waals surface area contributed by atoms with Crippen LogP contribution >= 0.6 is 0 Å². The fraction of sp³-hybridized carbons (Fsp3) is 0.333. The standard InChI is InChI=1S/C24H25N5O6S2/c1-23(2,3)27-36(32,33)15-7-8-17-18(9-15)21(14(12-25)13-26)19-10-16(11-20(22(17)19)29(30)31)37(34,35)28-24(4,5)6/h7-11,27-28H,1-6H3. The molecule has 1 aliphatic carbocycles. The summed E-state index contributed by atoms with van der Waals surface area (Å²) < 4.78 is 57.0. The van der Waals surface area contributed by atoms with Gasteiger partial charge in [-0.2, -0.15) is 10.5 Å². The maximum Gasteiger partial charge on any atom is 0.279 e. The van der Waals surface area contributed by atoms with Crippen molar-refractivity contribution in [3.63, 3.8) is 0 Å². The number of rotatable bonds is 5. The first-order chi connectivity index (χ1) is 16.8. The highest BCUT2D eigenvalue weighted by molar-refractivity contribution is 7.89. The van der Waals surface area contributed by atoms with Gasteiger partial charge in [-0.3, -0.25) is 10.1 Å². The molecule has 37 heavy (non-hydrogen) atoms. The Balaban J connectivity index is 2.43. The number of benzene rings is 2. The van der Waals surface area contributed by atoms with Crippen LogP contribution in [0.15, 0.2) is 45.7 Å². The number of hydrogen-bond donors (Lipinski definition) is 2. The Hall–Kier alpha value is -3.62. The molecule has 11 nitrogen and oxygen atoms in total. The predicted octanol–water partition coefficient (Wildman–Crippen LogP) is 3.58. The fourth-order valence-electron chi connectivity index (χ4n) is 3.97. The van der Waals surface area contributed by atoms with Gasteiger partial charge in [-0.05, 0) is 70.9 Å². The van der Waals surface area contributed by atoms with E-state index in [0.717, 1.165) is 12.1 Å². The van der Waals surface area contributed by atoms with Crippen molar-refractivity contribution >= 4 is 31.3 Å². The minimum Gasteiger partial charge on any atom is -0.258 e. The fourth-order valence-corrected chi connectivity index (χ4v) is 6.88. The third kappa shape index (κ3) is 5.55. The molecule has 1 aliphatic rings. The van der Waals surface area contributed by atoms with Gasteiger partial charge in [0.2, 0.25) is 20.0 Å². The van der Waals surface area contributed by atoms with E-state index in [1.807, 2.05) is 0 Å². The minimum absolute atomic E-state index is 0.0135. The highest BCUT2D eigenvalue weighted by Crippen LogP contribution is 2.51. The molecule has 0 bridgehead atoms. The minimum atomic E-state index is -4.25. The molecule has 13 heteroatoms. The number of hydrogen-bond acceptors (Lipinski definition) is 8. The SMILES string of the molecule is CC(C)(C)NS(=O)(=O)c1ccc2c(c1)C(=C(C#N)C#N)c1cc(S(=O)(=O)NC(C)(C)C)cc([N+](=O)[O-])c1-2. The van der Waals surface area contributed by atoms with Gasteiger partial charge in [-0.15, -0.1) is 0 Å². The largest absolute Gasteiger partial charge is 0.279 e. The van der Waals surface area contributed by atoms with E-state index in [2.05, 4.69) is 9.44 Å². The van der Waals surface area contributed by atoms with E-state index in [1.165, 1.54) is 18.2 Å². The van der Waals surface area contributed by atoms with Crippen LogP contribution in [0.25, 0.3) is 16.7 Å². The number of sulfonamides is 2. The zero-order valence-electron chi connectivity index (χ0n) is 21.0. The summed E-state index contributed by atoms with van der Waals surface area (Å²) in [6.45, 7) is 9.76. The van der Waals surface area contributed by atoms with E-state index in [4.69, 9.17) is 0 Å². The zero-order valence-corrected chi connectivity index (χ0v) is 22.6. The maximum atomic E-state index is 13.1. The molecular weight excluding hydrogens is 518 g/mol. The zero-order chi connectivity index (χ0) is 28.1. The molecule has 2 aromatic rings. The summed E-state index contributed by atoms with van der Waals surface area (Å²) in [5, 5.41) is 31.4. The Morgan fingerprint density at radius 1 is 0.811 bits per heavy atom. The molecule has 3 rings (SSSR count). The van der Waals surface area contributed by atoms with Gasteiger partial charge >= 0.3 is 0 Å². The molecule has 0 aromatic heterocycles. The summed E-state index contributed by atoms with van der Waals surface area (Å²) in [4.78, 5) is 10.7. The highest BCUT2D eigenvalue weighted by atomic mass is 32.2. The lowest BCUT2D eigenvalue weighted by atomic mass is 9.99. The van der Waals surface area contributed by atoms with Crippen LogP contribution < -0.4 is 9.44 Å². The number of nitro groups is 1. The molecule has 0 heterocycles. The second-order valence-electron chi connectivity index (χ2n) is 10.5. The summed E-state index contributed by atoms with van der Waals surface area (Å²) in [7, 11) is -8.29. The first kappa shape index (κ1) is 28.0. The molecule has 0 spiro atoms. The van der Waals surface area contributed by atoms with Crippen molar-refractivity contribution in [2.45, 2.75) is 62.4 Å². The molecule has 0 saturated heterocycles. The second kappa shape index (κ2) is 9.04. The number of allylic oxidation sites excluding steroid dienone is 1. The molecule has 0 radical (unpaired) electrons. The lowest BCUT2D eigenvalue weighted by Gasteiger charge is -2.20. The molecular formula is C24H25N5O6S2. The van der Waals surface area contributed by atoms with Gasteiger partial charge in [0.05, 0.1) is 20.3 Å². The molecule has 2 aromatic carbocycles. The van der Waals surface area contributed by atoms with Gasteiger partial charge < -0.3 is 0 Å². The first-order valence-corrected chi connectivity index (χ1v) is 13.9. The van der Waals surface area contributed by atoms with Crippen molar-refractivity contribution in [2.75, 3.05) is 0 Å². The highest BCUT2D eigenvalue weighted by Gasteiger charge is 2.37. The quantitative estimate of drug-likeness (QED) is 0.278. The van der Waals surface area contributed by atoms with Crippen LogP contribution in [0.4, 0.5) is 5.69 Å². The molecule has 0 saturated carbocycles. The van der Waals surface area contributed by atoms with E-state index in [-0.39, 0.29) is 32.7 Å². The van der Waals surface area contributed by atoms with Crippen molar-refractivity contribution in [3.05, 3.63) is 57.1 Å². The van der Waals surface area contributed by atoms with Gasteiger partial charge in [-0.25, -0.2) is 26.3 Å². The molecule has 0 amide bonds. The number of nitro benzene ring substituents is 1. The van der Waals surface area contributed by atoms with Crippen molar-refractivity contribution < 1.29 is 21.8 Å². The van der Waals surface area contributed by atoms with Gasteiger partial charge in [0.25, 0.3) is 5.69 Å². The summed E-state index contributed by atoms with van der Waals surface area (Å²) in [6.07, 6.45) is 0. The normalized spacial score (nSPS) is 13.4. The number of nitriles is 2. The van der Waals surface area contributed by atoms with Crippen LogP contribution in [0.1, 0.15) is 52.7 Å². The molecule has 0 fully saturated rings. The van der Waals surface area contributed by atoms with Gasteiger partial charge in [0.15, 0.2) is 0 Å². The Labute approximate surface area is 215 Å². The summed E-state index contributed by atoms with van der Waals surface area (Å²) in [6, 6.07) is 9.36. The van der Waals surface area contributed by atoms with Crippen LogP contribution in [0.5, 0.6) is 0 Å². The van der Waals surface area contributed by atoms with E-state index >= 15 is 0 Å². The van der Waals surface area contributed by atoms with Crippen molar-refractivity contribution in [1.29, 1.82) is 10.5 Å². The van der Waals surface area contributed by atoms with Crippen LogP contribution in [0, 0.1) is 32.8 Å².